The number of carbonyl (C=O) groups excluding carboxylic acids is 1. The first-order valence-electron chi connectivity index (χ1n) is 3.70. The molecule has 0 unspecified atom stereocenters. The Bertz CT molecular complexity index is 244. The van der Waals surface area contributed by atoms with E-state index in [4.69, 9.17) is 5.11 Å². The molecule has 0 aliphatic heterocycles. The van der Waals surface area contributed by atoms with E-state index in [0.717, 1.165) is 0 Å². The summed E-state index contributed by atoms with van der Waals surface area (Å²) < 4.78 is 0. The molecule has 1 aromatic rings. The number of rotatable bonds is 3. The Balaban J connectivity index is 2.40. The van der Waals surface area contributed by atoms with Crippen molar-refractivity contribution in [1.82, 2.24) is 5.32 Å². The van der Waals surface area contributed by atoms with Gasteiger partial charge in [0.15, 0.2) is 0 Å². The second-order valence-corrected chi connectivity index (χ2v) is 3.48. The molecule has 3 nitrogen and oxygen atoms in total. The minimum atomic E-state index is -0.492. The van der Waals surface area contributed by atoms with Crippen LogP contribution in [0.1, 0.15) is 16.6 Å². The molecule has 66 valence electrons. The zero-order valence-corrected chi connectivity index (χ0v) is 7.60. The zero-order chi connectivity index (χ0) is 8.97. The zero-order valence-electron chi connectivity index (χ0n) is 6.78. The van der Waals surface area contributed by atoms with Crippen LogP contribution in [-0.4, -0.2) is 23.7 Å². The summed E-state index contributed by atoms with van der Waals surface area (Å²) in [6, 6.07) is 3.57. The number of carbonyl (C=O) groups is 1. The van der Waals surface area contributed by atoms with Crippen molar-refractivity contribution < 1.29 is 9.90 Å². The molecule has 12 heavy (non-hydrogen) atoms. The summed E-state index contributed by atoms with van der Waals surface area (Å²) in [5, 5.41) is 13.3. The molecule has 1 rings (SSSR count). The largest absolute Gasteiger partial charge is 0.392 e. The van der Waals surface area contributed by atoms with Gasteiger partial charge in [0, 0.05) is 6.54 Å². The molecule has 1 atom stereocenters. The van der Waals surface area contributed by atoms with Gasteiger partial charge in [-0.25, -0.2) is 0 Å². The summed E-state index contributed by atoms with van der Waals surface area (Å²) in [7, 11) is 0. The Labute approximate surface area is 75.0 Å². The first-order valence-corrected chi connectivity index (χ1v) is 4.58. The van der Waals surface area contributed by atoms with Crippen molar-refractivity contribution in [3.8, 4) is 0 Å². The highest BCUT2D eigenvalue weighted by atomic mass is 32.1. The minimum absolute atomic E-state index is 0.120. The van der Waals surface area contributed by atoms with Gasteiger partial charge in [-0.05, 0) is 18.4 Å². The van der Waals surface area contributed by atoms with Crippen molar-refractivity contribution in [2.45, 2.75) is 13.0 Å². The molecular weight excluding hydrogens is 174 g/mol. The molecule has 2 N–H and O–H groups in total. The van der Waals surface area contributed by atoms with Crippen molar-refractivity contribution in [3.63, 3.8) is 0 Å². The maximum absolute atomic E-state index is 11.2. The maximum Gasteiger partial charge on any atom is 0.261 e. The van der Waals surface area contributed by atoms with Crippen molar-refractivity contribution >= 4 is 17.2 Å². The number of amides is 1. The second-order valence-electron chi connectivity index (χ2n) is 2.54. The van der Waals surface area contributed by atoms with E-state index >= 15 is 0 Å². The molecule has 0 aromatic carbocycles. The quantitative estimate of drug-likeness (QED) is 0.733. The van der Waals surface area contributed by atoms with Crippen molar-refractivity contribution in [3.05, 3.63) is 22.4 Å². The molecule has 1 amide bonds. The fourth-order valence-corrected chi connectivity index (χ4v) is 1.38. The van der Waals surface area contributed by atoms with E-state index in [1.807, 2.05) is 11.4 Å². The number of thiophene rings is 1. The summed E-state index contributed by atoms with van der Waals surface area (Å²) in [6.07, 6.45) is -0.492. The molecule has 0 saturated carbocycles. The Morgan fingerprint density at radius 2 is 2.58 bits per heavy atom. The summed E-state index contributed by atoms with van der Waals surface area (Å²) >= 11 is 1.39. The van der Waals surface area contributed by atoms with Crippen LogP contribution in [0.4, 0.5) is 0 Å². The van der Waals surface area contributed by atoms with Crippen LogP contribution in [0.25, 0.3) is 0 Å². The normalized spacial score (nSPS) is 12.5. The molecule has 4 heteroatoms. The number of hydrogen-bond acceptors (Lipinski definition) is 3. The molecular formula is C8H11NO2S. The van der Waals surface area contributed by atoms with Crippen molar-refractivity contribution in [1.29, 1.82) is 0 Å². The van der Waals surface area contributed by atoms with Gasteiger partial charge in [-0.2, -0.15) is 0 Å². The SMILES string of the molecule is C[C@@H](O)CNC(=O)c1cccs1. The first kappa shape index (κ1) is 9.22. The Morgan fingerprint density at radius 3 is 3.08 bits per heavy atom. The van der Waals surface area contributed by atoms with Crippen LogP contribution >= 0.6 is 11.3 Å². The number of nitrogens with one attached hydrogen (secondary N) is 1. The number of aliphatic hydroxyl groups excluding tert-OH is 1. The van der Waals surface area contributed by atoms with Crippen LogP contribution in [-0.2, 0) is 0 Å². The lowest BCUT2D eigenvalue weighted by Gasteiger charge is -2.04. The van der Waals surface area contributed by atoms with Gasteiger partial charge in [0.05, 0.1) is 11.0 Å². The van der Waals surface area contributed by atoms with Gasteiger partial charge in [-0.3, -0.25) is 4.79 Å². The fraction of sp³-hybridized carbons (Fsp3) is 0.375. The fourth-order valence-electron chi connectivity index (χ4n) is 0.735. The van der Waals surface area contributed by atoms with Gasteiger partial charge >= 0.3 is 0 Å². The van der Waals surface area contributed by atoms with Crippen LogP contribution in [0.15, 0.2) is 17.5 Å². The average Bonchev–Trinajstić information content (AvgIpc) is 2.51. The summed E-state index contributed by atoms with van der Waals surface area (Å²) in [6.45, 7) is 1.94. The highest BCUT2D eigenvalue weighted by Crippen LogP contribution is 2.07. The monoisotopic (exact) mass is 185 g/mol. The van der Waals surface area contributed by atoms with Gasteiger partial charge in [0.2, 0.25) is 0 Å². The average molecular weight is 185 g/mol. The molecule has 0 aliphatic carbocycles. The third-order valence-electron chi connectivity index (χ3n) is 1.30. The predicted molar refractivity (Wildman–Crippen MR) is 48.3 cm³/mol. The lowest BCUT2D eigenvalue weighted by Crippen LogP contribution is -2.29. The van der Waals surface area contributed by atoms with Crippen molar-refractivity contribution in [2.24, 2.45) is 0 Å². The third-order valence-corrected chi connectivity index (χ3v) is 2.17. The minimum Gasteiger partial charge on any atom is -0.392 e. The summed E-state index contributed by atoms with van der Waals surface area (Å²) in [5.41, 5.74) is 0. The molecule has 0 radical (unpaired) electrons. The summed E-state index contributed by atoms with van der Waals surface area (Å²) in [5.74, 6) is -0.120. The predicted octanol–water partition coefficient (Wildman–Crippen LogP) is 0.859. The lowest BCUT2D eigenvalue weighted by atomic mass is 10.4. The van der Waals surface area contributed by atoms with Gasteiger partial charge in [0.25, 0.3) is 5.91 Å². The molecule has 0 aliphatic rings. The topological polar surface area (TPSA) is 49.3 Å². The van der Waals surface area contributed by atoms with Gasteiger partial charge in [-0.15, -0.1) is 11.3 Å². The third kappa shape index (κ3) is 2.64. The first-order chi connectivity index (χ1) is 5.70. The number of hydrogen-bond donors (Lipinski definition) is 2. The van der Waals surface area contributed by atoms with Gasteiger partial charge in [-0.1, -0.05) is 6.07 Å². The van der Waals surface area contributed by atoms with E-state index in [0.29, 0.717) is 11.4 Å². The van der Waals surface area contributed by atoms with Crippen LogP contribution in [0, 0.1) is 0 Å². The summed E-state index contributed by atoms with van der Waals surface area (Å²) in [4.78, 5) is 11.9. The van der Waals surface area contributed by atoms with E-state index < -0.39 is 6.10 Å². The van der Waals surface area contributed by atoms with E-state index in [2.05, 4.69) is 5.32 Å². The van der Waals surface area contributed by atoms with Crippen LogP contribution in [0.5, 0.6) is 0 Å². The molecule has 1 aromatic heterocycles. The Hall–Kier alpha value is -0.870. The molecule has 0 fully saturated rings. The molecule has 0 bridgehead atoms. The Morgan fingerprint density at radius 1 is 1.83 bits per heavy atom. The standard InChI is InChI=1S/C8H11NO2S/c1-6(10)5-9-8(11)7-3-2-4-12-7/h2-4,6,10H,5H2,1H3,(H,9,11)/t6-/m1/s1. The van der Waals surface area contributed by atoms with E-state index in [1.54, 1.807) is 13.0 Å². The van der Waals surface area contributed by atoms with E-state index in [9.17, 15) is 4.79 Å². The van der Waals surface area contributed by atoms with Crippen LogP contribution < -0.4 is 5.32 Å². The van der Waals surface area contributed by atoms with Crippen molar-refractivity contribution in [2.75, 3.05) is 6.54 Å². The molecule has 0 spiro atoms. The maximum atomic E-state index is 11.2. The highest BCUT2D eigenvalue weighted by Gasteiger charge is 2.05. The van der Waals surface area contributed by atoms with E-state index in [-0.39, 0.29) is 5.91 Å². The highest BCUT2D eigenvalue weighted by molar-refractivity contribution is 7.12. The lowest BCUT2D eigenvalue weighted by molar-refractivity contribution is 0.0928. The molecule has 1 heterocycles. The Kier molecular flexibility index (Phi) is 3.25. The number of aliphatic hydroxyl groups is 1. The van der Waals surface area contributed by atoms with Gasteiger partial charge < -0.3 is 10.4 Å². The molecule has 0 saturated heterocycles. The van der Waals surface area contributed by atoms with Gasteiger partial charge in [0.1, 0.15) is 0 Å². The van der Waals surface area contributed by atoms with E-state index in [1.165, 1.54) is 11.3 Å². The smallest absolute Gasteiger partial charge is 0.261 e. The second kappa shape index (κ2) is 4.23. The van der Waals surface area contributed by atoms with Crippen LogP contribution in [0.2, 0.25) is 0 Å². The van der Waals surface area contributed by atoms with Crippen LogP contribution in [0.3, 0.4) is 0 Å².